The number of carbonyl (C=O) groups excluding carboxylic acids is 1. The van der Waals surface area contributed by atoms with Gasteiger partial charge in [-0.1, -0.05) is 37.7 Å². The van der Waals surface area contributed by atoms with Crippen molar-refractivity contribution in [3.63, 3.8) is 0 Å². The standard InChI is InChI=1S/C20H20N4O2S/c1-3-13-6-5-7-14(10-13)21-19(25)12-27-20-16-11-17-15(8-9-26-17)24(16)18(4-2)22-23-20/h5-11H,3-4,12H2,1-2H3,(H,21,25). The Kier molecular flexibility index (Phi) is 4.85. The molecular formula is C20H20N4O2S. The molecule has 1 aromatic carbocycles. The SMILES string of the molecule is CCc1cccc(NC(=O)CSc2nnc(CC)n3c2cc2occc23)c1. The molecule has 0 fully saturated rings. The molecule has 0 aliphatic heterocycles. The van der Waals surface area contributed by atoms with Gasteiger partial charge in [-0.2, -0.15) is 0 Å². The second-order valence-corrected chi connectivity index (χ2v) is 7.16. The van der Waals surface area contributed by atoms with Crippen molar-refractivity contribution < 1.29 is 9.21 Å². The smallest absolute Gasteiger partial charge is 0.234 e. The van der Waals surface area contributed by atoms with E-state index in [9.17, 15) is 4.79 Å². The Bertz CT molecular complexity index is 1120. The van der Waals surface area contributed by atoms with Gasteiger partial charge in [-0.05, 0) is 24.1 Å². The zero-order chi connectivity index (χ0) is 18.8. The molecular weight excluding hydrogens is 360 g/mol. The zero-order valence-corrected chi connectivity index (χ0v) is 16.0. The number of nitrogens with one attached hydrogen (secondary N) is 1. The molecule has 3 heterocycles. The monoisotopic (exact) mass is 380 g/mol. The van der Waals surface area contributed by atoms with Crippen LogP contribution in [0.3, 0.4) is 0 Å². The highest BCUT2D eigenvalue weighted by atomic mass is 32.2. The minimum Gasteiger partial charge on any atom is -0.463 e. The van der Waals surface area contributed by atoms with E-state index in [0.29, 0.717) is 0 Å². The first-order valence-electron chi connectivity index (χ1n) is 8.95. The van der Waals surface area contributed by atoms with Crippen LogP contribution in [0.4, 0.5) is 5.69 Å². The Morgan fingerprint density at radius 1 is 1.15 bits per heavy atom. The zero-order valence-electron chi connectivity index (χ0n) is 15.2. The summed E-state index contributed by atoms with van der Waals surface area (Å²) in [5.74, 6) is 1.06. The lowest BCUT2D eigenvalue weighted by atomic mass is 10.1. The highest BCUT2D eigenvalue weighted by molar-refractivity contribution is 8.00. The first kappa shape index (κ1) is 17.6. The van der Waals surface area contributed by atoms with Crippen molar-refractivity contribution in [1.82, 2.24) is 14.6 Å². The van der Waals surface area contributed by atoms with E-state index in [4.69, 9.17) is 4.42 Å². The number of hydrogen-bond acceptors (Lipinski definition) is 5. The van der Waals surface area contributed by atoms with Gasteiger partial charge >= 0.3 is 0 Å². The van der Waals surface area contributed by atoms with Crippen LogP contribution in [-0.4, -0.2) is 26.3 Å². The summed E-state index contributed by atoms with van der Waals surface area (Å²) in [4.78, 5) is 12.4. The average molecular weight is 380 g/mol. The number of anilines is 1. The van der Waals surface area contributed by atoms with Crippen molar-refractivity contribution in [2.75, 3.05) is 11.1 Å². The van der Waals surface area contributed by atoms with Gasteiger partial charge in [-0.15, -0.1) is 10.2 Å². The molecule has 27 heavy (non-hydrogen) atoms. The molecule has 0 saturated heterocycles. The summed E-state index contributed by atoms with van der Waals surface area (Å²) < 4.78 is 7.57. The van der Waals surface area contributed by atoms with E-state index in [1.165, 1.54) is 17.3 Å². The minimum atomic E-state index is -0.0667. The van der Waals surface area contributed by atoms with Crippen LogP contribution in [0.15, 0.2) is 52.1 Å². The van der Waals surface area contributed by atoms with Crippen molar-refractivity contribution in [1.29, 1.82) is 0 Å². The summed E-state index contributed by atoms with van der Waals surface area (Å²) >= 11 is 1.38. The number of amides is 1. The van der Waals surface area contributed by atoms with Gasteiger partial charge in [-0.3, -0.25) is 9.20 Å². The number of aromatic nitrogens is 3. The van der Waals surface area contributed by atoms with Crippen LogP contribution in [-0.2, 0) is 17.6 Å². The molecule has 138 valence electrons. The third-order valence-electron chi connectivity index (χ3n) is 4.43. The first-order valence-corrected chi connectivity index (χ1v) is 9.94. The molecule has 3 aromatic heterocycles. The van der Waals surface area contributed by atoms with Crippen LogP contribution < -0.4 is 5.32 Å². The minimum absolute atomic E-state index is 0.0667. The molecule has 6 nitrogen and oxygen atoms in total. The third kappa shape index (κ3) is 3.42. The number of thioether (sulfide) groups is 1. The maximum absolute atomic E-state index is 12.4. The Morgan fingerprint density at radius 3 is 2.85 bits per heavy atom. The Balaban J connectivity index is 1.54. The van der Waals surface area contributed by atoms with Crippen molar-refractivity contribution >= 4 is 40.0 Å². The topological polar surface area (TPSA) is 72.4 Å². The molecule has 0 spiro atoms. The van der Waals surface area contributed by atoms with Gasteiger partial charge in [0.25, 0.3) is 0 Å². The van der Waals surface area contributed by atoms with Gasteiger partial charge in [-0.25, -0.2) is 0 Å². The molecule has 0 saturated carbocycles. The molecule has 0 aliphatic rings. The highest BCUT2D eigenvalue weighted by Crippen LogP contribution is 2.29. The van der Waals surface area contributed by atoms with Crippen LogP contribution in [0.5, 0.6) is 0 Å². The van der Waals surface area contributed by atoms with Crippen molar-refractivity contribution in [3.8, 4) is 0 Å². The van der Waals surface area contributed by atoms with Crippen LogP contribution >= 0.6 is 11.8 Å². The summed E-state index contributed by atoms with van der Waals surface area (Å²) in [7, 11) is 0. The lowest BCUT2D eigenvalue weighted by molar-refractivity contribution is -0.113. The molecule has 0 aliphatic carbocycles. The molecule has 0 radical (unpaired) electrons. The van der Waals surface area contributed by atoms with E-state index in [0.717, 1.165) is 46.0 Å². The fraction of sp³-hybridized carbons (Fsp3) is 0.250. The average Bonchev–Trinajstić information content (AvgIpc) is 3.28. The van der Waals surface area contributed by atoms with Gasteiger partial charge in [0.1, 0.15) is 10.9 Å². The number of aryl methyl sites for hydroxylation is 2. The molecule has 7 heteroatoms. The van der Waals surface area contributed by atoms with Gasteiger partial charge in [0.05, 0.1) is 23.0 Å². The van der Waals surface area contributed by atoms with E-state index in [-0.39, 0.29) is 11.7 Å². The van der Waals surface area contributed by atoms with E-state index in [1.54, 1.807) is 6.26 Å². The fourth-order valence-electron chi connectivity index (χ4n) is 3.09. The summed E-state index contributed by atoms with van der Waals surface area (Å²) in [5, 5.41) is 12.3. The molecule has 0 bridgehead atoms. The number of benzene rings is 1. The quantitative estimate of drug-likeness (QED) is 0.504. The predicted molar refractivity (Wildman–Crippen MR) is 107 cm³/mol. The van der Waals surface area contributed by atoms with E-state index in [1.807, 2.05) is 43.3 Å². The summed E-state index contributed by atoms with van der Waals surface area (Å²) in [6, 6.07) is 11.8. The second kappa shape index (κ2) is 7.44. The van der Waals surface area contributed by atoms with Crippen molar-refractivity contribution in [2.45, 2.75) is 31.7 Å². The van der Waals surface area contributed by atoms with Crippen molar-refractivity contribution in [2.24, 2.45) is 0 Å². The molecule has 1 amide bonds. The number of nitrogens with zero attached hydrogens (tertiary/aromatic N) is 3. The van der Waals surface area contributed by atoms with E-state index >= 15 is 0 Å². The molecule has 1 N–H and O–H groups in total. The molecule has 4 rings (SSSR count). The lowest BCUT2D eigenvalue weighted by Gasteiger charge is -2.08. The van der Waals surface area contributed by atoms with Gasteiger partial charge in [0.15, 0.2) is 5.58 Å². The molecule has 0 unspecified atom stereocenters. The van der Waals surface area contributed by atoms with Gasteiger partial charge in [0, 0.05) is 24.2 Å². The summed E-state index contributed by atoms with van der Waals surface area (Å²) in [6.07, 6.45) is 3.37. The van der Waals surface area contributed by atoms with E-state index < -0.39 is 0 Å². The summed E-state index contributed by atoms with van der Waals surface area (Å²) in [6.45, 7) is 4.13. The van der Waals surface area contributed by atoms with Gasteiger partial charge < -0.3 is 9.73 Å². The largest absolute Gasteiger partial charge is 0.463 e. The Labute approximate surface area is 161 Å². The van der Waals surface area contributed by atoms with E-state index in [2.05, 4.69) is 26.8 Å². The normalized spacial score (nSPS) is 11.3. The van der Waals surface area contributed by atoms with Crippen LogP contribution in [0.2, 0.25) is 0 Å². The number of furan rings is 1. The maximum Gasteiger partial charge on any atom is 0.234 e. The maximum atomic E-state index is 12.4. The molecule has 4 aromatic rings. The van der Waals surface area contributed by atoms with Gasteiger partial charge in [0.2, 0.25) is 5.91 Å². The molecule has 0 atom stereocenters. The number of rotatable bonds is 6. The predicted octanol–water partition coefficient (Wildman–Crippen LogP) is 4.33. The van der Waals surface area contributed by atoms with Crippen LogP contribution in [0, 0.1) is 0 Å². The lowest BCUT2D eigenvalue weighted by Crippen LogP contribution is -2.14. The number of fused-ring (bicyclic) bond motifs is 3. The number of hydrogen-bond donors (Lipinski definition) is 1. The Hall–Kier alpha value is -2.80. The second-order valence-electron chi connectivity index (χ2n) is 6.20. The third-order valence-corrected chi connectivity index (χ3v) is 5.40. The summed E-state index contributed by atoms with van der Waals surface area (Å²) in [5.41, 5.74) is 4.69. The van der Waals surface area contributed by atoms with Crippen LogP contribution in [0.1, 0.15) is 25.2 Å². The highest BCUT2D eigenvalue weighted by Gasteiger charge is 2.15. The van der Waals surface area contributed by atoms with Crippen molar-refractivity contribution in [3.05, 3.63) is 54.0 Å². The Morgan fingerprint density at radius 2 is 2.04 bits per heavy atom. The first-order chi connectivity index (χ1) is 13.2. The number of carbonyl (C=O) groups is 1. The van der Waals surface area contributed by atoms with Crippen LogP contribution in [0.25, 0.3) is 16.6 Å². The fourth-order valence-corrected chi connectivity index (χ4v) is 3.83.